The van der Waals surface area contributed by atoms with Crippen LogP contribution in [0.25, 0.3) is 0 Å². The Balaban J connectivity index is 1.79. The number of para-hydroxylation sites is 1. The number of anilines is 1. The van der Waals surface area contributed by atoms with Gasteiger partial charge in [-0.25, -0.2) is 0 Å². The number of hydrogen-bond acceptors (Lipinski definition) is 3. The number of thioether (sulfide) groups is 1. The van der Waals surface area contributed by atoms with Crippen LogP contribution in [0, 0.1) is 0 Å². The Morgan fingerprint density at radius 3 is 3.00 bits per heavy atom. The van der Waals surface area contributed by atoms with E-state index in [0.717, 1.165) is 12.2 Å². The zero-order valence-electron chi connectivity index (χ0n) is 9.41. The van der Waals surface area contributed by atoms with Gasteiger partial charge < -0.3 is 10.6 Å². The van der Waals surface area contributed by atoms with Gasteiger partial charge in [-0.15, -0.1) is 0 Å². The summed E-state index contributed by atoms with van der Waals surface area (Å²) in [6, 6.07) is 7.72. The lowest BCUT2D eigenvalue weighted by atomic mass is 10.2. The molecule has 2 N–H and O–H groups in total. The van der Waals surface area contributed by atoms with Crippen LogP contribution >= 0.6 is 23.4 Å². The van der Waals surface area contributed by atoms with Crippen LogP contribution in [0.15, 0.2) is 24.3 Å². The van der Waals surface area contributed by atoms with Crippen LogP contribution in [0.5, 0.6) is 0 Å². The number of rotatable bonds is 4. The zero-order chi connectivity index (χ0) is 12.1. The number of amides is 1. The van der Waals surface area contributed by atoms with Crippen molar-refractivity contribution in [1.29, 1.82) is 0 Å². The van der Waals surface area contributed by atoms with Crippen molar-refractivity contribution in [1.82, 2.24) is 5.32 Å². The number of carbonyl (C=O) groups excluding carboxylic acids is 1. The maximum atomic E-state index is 11.7. The first-order valence-electron chi connectivity index (χ1n) is 5.61. The van der Waals surface area contributed by atoms with Crippen molar-refractivity contribution in [2.75, 3.05) is 23.4 Å². The van der Waals surface area contributed by atoms with E-state index in [-0.39, 0.29) is 5.91 Å². The third-order valence-electron chi connectivity index (χ3n) is 2.63. The lowest BCUT2D eigenvalue weighted by molar-refractivity contribution is -0.115. The molecule has 1 aromatic carbocycles. The molecular formula is C12H15ClN2OS. The molecule has 17 heavy (non-hydrogen) atoms. The quantitative estimate of drug-likeness (QED) is 0.883. The molecule has 0 spiro atoms. The zero-order valence-corrected chi connectivity index (χ0v) is 11.0. The van der Waals surface area contributed by atoms with Crippen molar-refractivity contribution < 1.29 is 4.79 Å². The van der Waals surface area contributed by atoms with Crippen molar-refractivity contribution in [2.24, 2.45) is 0 Å². The Morgan fingerprint density at radius 2 is 2.29 bits per heavy atom. The first kappa shape index (κ1) is 12.7. The summed E-state index contributed by atoms with van der Waals surface area (Å²) in [5.74, 6) is 2.23. The van der Waals surface area contributed by atoms with Crippen LogP contribution in [0.2, 0.25) is 5.02 Å². The van der Waals surface area contributed by atoms with Crippen LogP contribution in [0.3, 0.4) is 0 Å². The smallest absolute Gasteiger partial charge is 0.238 e. The minimum absolute atomic E-state index is 0.0463. The fourth-order valence-corrected chi connectivity index (χ4v) is 3.06. The Labute approximate surface area is 110 Å². The van der Waals surface area contributed by atoms with E-state index in [0.29, 0.717) is 23.3 Å². The van der Waals surface area contributed by atoms with Gasteiger partial charge in [0.15, 0.2) is 0 Å². The molecule has 1 aliphatic heterocycles. The Bertz CT molecular complexity index is 394. The van der Waals surface area contributed by atoms with Gasteiger partial charge in [-0.05, 0) is 24.3 Å². The molecule has 1 heterocycles. The van der Waals surface area contributed by atoms with Crippen LogP contribution < -0.4 is 10.6 Å². The maximum absolute atomic E-state index is 11.7. The first-order chi connectivity index (χ1) is 8.25. The Morgan fingerprint density at radius 1 is 1.47 bits per heavy atom. The molecule has 2 rings (SSSR count). The summed E-state index contributed by atoms with van der Waals surface area (Å²) in [6.07, 6.45) is 1.14. The highest BCUT2D eigenvalue weighted by atomic mass is 35.5. The largest absolute Gasteiger partial charge is 0.324 e. The molecule has 1 aromatic rings. The summed E-state index contributed by atoms with van der Waals surface area (Å²) in [6.45, 7) is 0.344. The highest BCUT2D eigenvalue weighted by Gasteiger charge is 2.15. The molecule has 0 radical (unpaired) electrons. The summed E-state index contributed by atoms with van der Waals surface area (Å²) in [7, 11) is 0. The van der Waals surface area contributed by atoms with Crippen molar-refractivity contribution in [3.05, 3.63) is 29.3 Å². The fraction of sp³-hybridized carbons (Fsp3) is 0.417. The molecule has 1 saturated heterocycles. The van der Waals surface area contributed by atoms with Gasteiger partial charge in [0.2, 0.25) is 5.91 Å². The molecular weight excluding hydrogens is 256 g/mol. The monoisotopic (exact) mass is 270 g/mol. The molecule has 1 aliphatic rings. The van der Waals surface area contributed by atoms with Crippen LogP contribution in [-0.2, 0) is 4.79 Å². The van der Waals surface area contributed by atoms with E-state index in [2.05, 4.69) is 10.6 Å². The van der Waals surface area contributed by atoms with Gasteiger partial charge in [-0.1, -0.05) is 23.7 Å². The van der Waals surface area contributed by atoms with E-state index in [1.807, 2.05) is 23.9 Å². The van der Waals surface area contributed by atoms with Crippen LogP contribution in [0.4, 0.5) is 5.69 Å². The molecule has 5 heteroatoms. The predicted molar refractivity (Wildman–Crippen MR) is 73.8 cm³/mol. The van der Waals surface area contributed by atoms with E-state index in [1.54, 1.807) is 12.1 Å². The molecule has 1 unspecified atom stereocenters. The SMILES string of the molecule is O=C(CNC1CCSC1)Nc1ccccc1Cl. The van der Waals surface area contributed by atoms with E-state index in [9.17, 15) is 4.79 Å². The summed E-state index contributed by atoms with van der Waals surface area (Å²) >= 11 is 7.88. The number of hydrogen-bond donors (Lipinski definition) is 2. The maximum Gasteiger partial charge on any atom is 0.238 e. The van der Waals surface area contributed by atoms with E-state index >= 15 is 0 Å². The van der Waals surface area contributed by atoms with E-state index in [4.69, 9.17) is 11.6 Å². The number of carbonyl (C=O) groups is 1. The molecule has 0 bridgehead atoms. The minimum Gasteiger partial charge on any atom is -0.324 e. The van der Waals surface area contributed by atoms with Gasteiger partial charge >= 0.3 is 0 Å². The molecule has 1 fully saturated rings. The molecule has 1 amide bonds. The second kappa shape index (κ2) is 6.28. The first-order valence-corrected chi connectivity index (χ1v) is 7.14. The van der Waals surface area contributed by atoms with E-state index < -0.39 is 0 Å². The Kier molecular flexibility index (Phi) is 4.71. The standard InChI is InChI=1S/C12H15ClN2OS/c13-10-3-1-2-4-11(10)15-12(16)7-14-9-5-6-17-8-9/h1-4,9,14H,5-8H2,(H,15,16). The van der Waals surface area contributed by atoms with Gasteiger partial charge in [0.25, 0.3) is 0 Å². The third-order valence-corrected chi connectivity index (χ3v) is 4.12. The summed E-state index contributed by atoms with van der Waals surface area (Å²) in [5.41, 5.74) is 0.668. The summed E-state index contributed by atoms with van der Waals surface area (Å²) in [5, 5.41) is 6.61. The number of benzene rings is 1. The summed E-state index contributed by atoms with van der Waals surface area (Å²) in [4.78, 5) is 11.7. The molecule has 0 aliphatic carbocycles. The number of nitrogens with one attached hydrogen (secondary N) is 2. The molecule has 0 aromatic heterocycles. The molecule has 1 atom stereocenters. The highest BCUT2D eigenvalue weighted by molar-refractivity contribution is 7.99. The van der Waals surface area contributed by atoms with Crippen LogP contribution in [0.1, 0.15) is 6.42 Å². The van der Waals surface area contributed by atoms with Crippen molar-refractivity contribution in [3.8, 4) is 0 Å². The van der Waals surface area contributed by atoms with Crippen LogP contribution in [-0.4, -0.2) is 30.0 Å². The van der Waals surface area contributed by atoms with Gasteiger partial charge in [0.05, 0.1) is 17.3 Å². The second-order valence-electron chi connectivity index (χ2n) is 3.97. The Hall–Kier alpha value is -0.710. The predicted octanol–water partition coefficient (Wildman–Crippen LogP) is 2.37. The average Bonchev–Trinajstić information content (AvgIpc) is 2.82. The number of halogens is 1. The lowest BCUT2D eigenvalue weighted by Crippen LogP contribution is -2.36. The highest BCUT2D eigenvalue weighted by Crippen LogP contribution is 2.20. The van der Waals surface area contributed by atoms with Crippen molar-refractivity contribution in [3.63, 3.8) is 0 Å². The van der Waals surface area contributed by atoms with Crippen molar-refractivity contribution >= 4 is 35.0 Å². The third kappa shape index (κ3) is 3.91. The fourth-order valence-electron chi connectivity index (χ4n) is 1.69. The summed E-state index contributed by atoms with van der Waals surface area (Å²) < 4.78 is 0. The van der Waals surface area contributed by atoms with Gasteiger partial charge in [-0.3, -0.25) is 4.79 Å². The molecule has 0 saturated carbocycles. The lowest BCUT2D eigenvalue weighted by Gasteiger charge is -2.11. The van der Waals surface area contributed by atoms with E-state index in [1.165, 1.54) is 5.75 Å². The second-order valence-corrected chi connectivity index (χ2v) is 5.53. The van der Waals surface area contributed by atoms with Gasteiger partial charge in [-0.2, -0.15) is 11.8 Å². The topological polar surface area (TPSA) is 41.1 Å². The van der Waals surface area contributed by atoms with Crippen molar-refractivity contribution in [2.45, 2.75) is 12.5 Å². The minimum atomic E-state index is -0.0463. The van der Waals surface area contributed by atoms with Gasteiger partial charge in [0.1, 0.15) is 0 Å². The molecule has 92 valence electrons. The van der Waals surface area contributed by atoms with Gasteiger partial charge in [0, 0.05) is 11.8 Å². The molecule has 3 nitrogen and oxygen atoms in total. The average molecular weight is 271 g/mol. The normalized spacial score (nSPS) is 19.2.